The van der Waals surface area contributed by atoms with Crippen LogP contribution in [-0.4, -0.2) is 6.85 Å². The second-order valence-corrected chi connectivity index (χ2v) is 12.0. The van der Waals surface area contributed by atoms with Gasteiger partial charge in [-0.05, 0) is 70.8 Å². The highest BCUT2D eigenvalue weighted by Gasteiger charge is 2.47. The van der Waals surface area contributed by atoms with Crippen molar-refractivity contribution >= 4 is 60.7 Å². The molecule has 6 aromatic carbocycles. The summed E-state index contributed by atoms with van der Waals surface area (Å²) in [5.74, 6) is 1.92. The van der Waals surface area contributed by atoms with E-state index in [0.717, 1.165) is 11.5 Å². The van der Waals surface area contributed by atoms with Crippen molar-refractivity contribution in [2.45, 2.75) is 0 Å². The van der Waals surface area contributed by atoms with Gasteiger partial charge in [-0.25, -0.2) is 0 Å². The minimum absolute atomic E-state index is 0.0907. The van der Waals surface area contributed by atoms with Crippen molar-refractivity contribution < 1.29 is 4.74 Å². The molecule has 10 rings (SSSR count). The summed E-state index contributed by atoms with van der Waals surface area (Å²) in [5.41, 5.74) is 12.5. The molecule has 0 saturated carbocycles. The van der Waals surface area contributed by atoms with Crippen molar-refractivity contribution in [2.75, 3.05) is 4.81 Å². The Morgan fingerprint density at radius 3 is 2.02 bits per heavy atom. The molecule has 0 saturated heterocycles. The molecule has 4 heteroatoms. The maximum atomic E-state index is 6.59. The number of benzene rings is 6. The summed E-state index contributed by atoms with van der Waals surface area (Å²) >= 11 is 1.87. The third-order valence-corrected chi connectivity index (χ3v) is 10.0. The Kier molecular flexibility index (Phi) is 3.92. The molecule has 0 unspecified atom stereocenters. The van der Waals surface area contributed by atoms with Crippen LogP contribution in [0.1, 0.15) is 0 Å². The highest BCUT2D eigenvalue weighted by Crippen LogP contribution is 2.50. The van der Waals surface area contributed by atoms with Crippen molar-refractivity contribution in [1.82, 2.24) is 0 Å². The van der Waals surface area contributed by atoms with Gasteiger partial charge in [0.2, 0.25) is 0 Å². The smallest absolute Gasteiger partial charge is 0.337 e. The van der Waals surface area contributed by atoms with E-state index in [9.17, 15) is 0 Å². The Bertz CT molecular complexity index is 2230. The molecule has 3 aliphatic rings. The predicted molar refractivity (Wildman–Crippen MR) is 169 cm³/mol. The van der Waals surface area contributed by atoms with Crippen LogP contribution in [0.2, 0.25) is 0 Å². The van der Waals surface area contributed by atoms with Gasteiger partial charge >= 0.3 is 6.85 Å². The van der Waals surface area contributed by atoms with E-state index in [1.807, 2.05) is 11.3 Å². The van der Waals surface area contributed by atoms with E-state index >= 15 is 0 Å². The van der Waals surface area contributed by atoms with Gasteiger partial charge in [-0.15, -0.1) is 11.3 Å². The lowest BCUT2D eigenvalue weighted by Gasteiger charge is -2.46. The molecule has 0 radical (unpaired) electrons. The molecule has 184 valence electrons. The standard InChI is InChI=1S/C36H20BNOS/c1-3-11-29-23(7-1)25-9-5-12-31-35(25)37-36-26(10-6-13-32(36)39-31)27-19-21(15-17-30(27)38(29)37)22-16-18-34-28(20-22)24-8-2-4-14-33(24)40-34/h1-20H. The first kappa shape index (κ1) is 21.1. The molecule has 0 bridgehead atoms. The molecule has 2 nitrogen and oxygen atoms in total. The van der Waals surface area contributed by atoms with Gasteiger partial charge in [0.25, 0.3) is 0 Å². The van der Waals surface area contributed by atoms with Crippen LogP contribution in [0.15, 0.2) is 121 Å². The van der Waals surface area contributed by atoms with Gasteiger partial charge in [0.05, 0.1) is 0 Å². The van der Waals surface area contributed by atoms with E-state index in [0.29, 0.717) is 0 Å². The third kappa shape index (κ3) is 2.59. The van der Waals surface area contributed by atoms with Gasteiger partial charge in [0, 0.05) is 53.6 Å². The molecule has 0 fully saturated rings. The fourth-order valence-electron chi connectivity index (χ4n) is 7.19. The minimum Gasteiger partial charge on any atom is -0.458 e. The monoisotopic (exact) mass is 525 g/mol. The number of nitrogens with zero attached hydrogens (tertiary/aromatic N) is 1. The van der Waals surface area contributed by atoms with Crippen LogP contribution in [0.25, 0.3) is 53.6 Å². The van der Waals surface area contributed by atoms with Crippen LogP contribution in [0.5, 0.6) is 11.5 Å². The van der Waals surface area contributed by atoms with E-state index in [1.165, 1.54) is 75.9 Å². The molecule has 0 aliphatic carbocycles. The number of rotatable bonds is 1. The van der Waals surface area contributed by atoms with E-state index < -0.39 is 0 Å². The van der Waals surface area contributed by atoms with Crippen LogP contribution < -0.4 is 20.5 Å². The lowest BCUT2D eigenvalue weighted by atomic mass is 9.42. The first-order valence-electron chi connectivity index (χ1n) is 13.7. The van der Waals surface area contributed by atoms with E-state index in [2.05, 4.69) is 126 Å². The molecule has 7 aromatic rings. The number of hydrogen-bond acceptors (Lipinski definition) is 3. The van der Waals surface area contributed by atoms with Crippen LogP contribution in [0, 0.1) is 0 Å². The lowest BCUT2D eigenvalue weighted by molar-refractivity contribution is 0.487. The zero-order valence-corrected chi connectivity index (χ0v) is 22.2. The fraction of sp³-hybridized carbons (Fsp3) is 0. The summed E-state index contributed by atoms with van der Waals surface area (Å²) in [6, 6.07) is 44.4. The van der Waals surface area contributed by atoms with Gasteiger partial charge < -0.3 is 9.55 Å². The summed E-state index contributed by atoms with van der Waals surface area (Å²) in [6.07, 6.45) is 0. The summed E-state index contributed by atoms with van der Waals surface area (Å²) in [4.78, 5) is 2.55. The highest BCUT2D eigenvalue weighted by atomic mass is 32.1. The molecule has 3 aliphatic heterocycles. The Balaban J connectivity index is 1.24. The Morgan fingerprint density at radius 1 is 0.500 bits per heavy atom. The van der Waals surface area contributed by atoms with Crippen molar-refractivity contribution in [3.05, 3.63) is 121 Å². The average molecular weight is 525 g/mol. The average Bonchev–Trinajstić information content (AvgIpc) is 3.39. The Hall–Kier alpha value is -4.80. The summed E-state index contributed by atoms with van der Waals surface area (Å²) in [5, 5.41) is 2.66. The number of ether oxygens (including phenoxy) is 1. The highest BCUT2D eigenvalue weighted by molar-refractivity contribution is 7.25. The number of anilines is 2. The molecule has 40 heavy (non-hydrogen) atoms. The van der Waals surface area contributed by atoms with Crippen LogP contribution in [0.3, 0.4) is 0 Å². The van der Waals surface area contributed by atoms with Crippen molar-refractivity contribution in [1.29, 1.82) is 0 Å². The van der Waals surface area contributed by atoms with Gasteiger partial charge in [-0.2, -0.15) is 0 Å². The number of para-hydroxylation sites is 1. The summed E-state index contributed by atoms with van der Waals surface area (Å²) < 4.78 is 9.26. The fourth-order valence-corrected chi connectivity index (χ4v) is 8.27. The van der Waals surface area contributed by atoms with Gasteiger partial charge in [0.1, 0.15) is 11.5 Å². The van der Waals surface area contributed by atoms with Crippen LogP contribution in [-0.2, 0) is 0 Å². The minimum atomic E-state index is 0.0907. The maximum absolute atomic E-state index is 6.59. The second kappa shape index (κ2) is 7.44. The summed E-state index contributed by atoms with van der Waals surface area (Å²) in [6.45, 7) is 0.0907. The van der Waals surface area contributed by atoms with E-state index in [1.54, 1.807) is 0 Å². The maximum Gasteiger partial charge on any atom is 0.337 e. The molecular weight excluding hydrogens is 505 g/mol. The first-order valence-corrected chi connectivity index (χ1v) is 14.5. The van der Waals surface area contributed by atoms with E-state index in [-0.39, 0.29) is 6.85 Å². The van der Waals surface area contributed by atoms with E-state index in [4.69, 9.17) is 4.74 Å². The SMILES string of the molecule is c1ccc2c(c1)-c1cccc3c1B1c4c(cccc4-c4cc(-c5ccc6sc7ccccc7c6c5)ccc4N12)O3. The molecule has 4 heterocycles. The molecule has 0 atom stereocenters. The Labute approximate surface area is 235 Å². The normalized spacial score (nSPS) is 13.6. The van der Waals surface area contributed by atoms with Crippen LogP contribution >= 0.6 is 11.3 Å². The lowest BCUT2D eigenvalue weighted by Crippen LogP contribution is -2.61. The van der Waals surface area contributed by atoms with Crippen molar-refractivity contribution in [2.24, 2.45) is 0 Å². The molecule has 0 spiro atoms. The number of fused-ring (bicyclic) bond motifs is 9. The summed E-state index contributed by atoms with van der Waals surface area (Å²) in [7, 11) is 0. The molecule has 0 amide bonds. The van der Waals surface area contributed by atoms with Gasteiger partial charge in [-0.3, -0.25) is 0 Å². The predicted octanol–water partition coefficient (Wildman–Crippen LogP) is 8.73. The number of thiophene rings is 1. The number of hydrogen-bond donors (Lipinski definition) is 0. The Morgan fingerprint density at radius 2 is 1.15 bits per heavy atom. The first-order chi connectivity index (χ1) is 19.8. The molecular formula is C36H20BNOS. The van der Waals surface area contributed by atoms with Gasteiger partial charge in [0.15, 0.2) is 0 Å². The molecule has 1 aromatic heterocycles. The zero-order valence-electron chi connectivity index (χ0n) is 21.4. The third-order valence-electron chi connectivity index (χ3n) is 8.87. The van der Waals surface area contributed by atoms with Crippen LogP contribution in [0.4, 0.5) is 11.4 Å². The van der Waals surface area contributed by atoms with Gasteiger partial charge in [-0.1, -0.05) is 72.8 Å². The van der Waals surface area contributed by atoms with Crippen molar-refractivity contribution in [3.8, 4) is 44.9 Å². The second-order valence-electron chi connectivity index (χ2n) is 10.9. The largest absolute Gasteiger partial charge is 0.458 e. The quantitative estimate of drug-likeness (QED) is 0.199. The topological polar surface area (TPSA) is 12.5 Å². The van der Waals surface area contributed by atoms with Crippen molar-refractivity contribution in [3.63, 3.8) is 0 Å². The zero-order chi connectivity index (χ0) is 25.9. The molecule has 0 N–H and O–H groups in total.